The first-order chi connectivity index (χ1) is 10.5. The molecule has 0 aliphatic carbocycles. The van der Waals surface area contributed by atoms with Crippen molar-refractivity contribution in [3.63, 3.8) is 0 Å². The fourth-order valence-corrected chi connectivity index (χ4v) is 3.93. The van der Waals surface area contributed by atoms with Crippen molar-refractivity contribution in [3.8, 4) is 0 Å². The highest BCUT2D eigenvalue weighted by molar-refractivity contribution is 7.15. The Morgan fingerprint density at radius 2 is 1.91 bits per heavy atom. The van der Waals surface area contributed by atoms with E-state index in [1.54, 1.807) is 0 Å². The summed E-state index contributed by atoms with van der Waals surface area (Å²) >= 11 is 0.743. The molecular formula is C14H20F3N3OS. The first-order valence-electron chi connectivity index (χ1n) is 7.64. The minimum absolute atomic E-state index is 0.491. The first kappa shape index (κ1) is 16.0. The third-order valence-electron chi connectivity index (χ3n) is 4.28. The van der Waals surface area contributed by atoms with Gasteiger partial charge in [-0.3, -0.25) is 4.90 Å². The quantitative estimate of drug-likeness (QED) is 0.831. The normalized spacial score (nSPS) is 22.8. The molecule has 0 radical (unpaired) electrons. The van der Waals surface area contributed by atoms with Crippen molar-refractivity contribution in [2.75, 3.05) is 44.3 Å². The molecule has 0 atom stereocenters. The maximum Gasteiger partial charge on any atom is 0.427 e. The number of ether oxygens (including phenoxy) is 1. The van der Waals surface area contributed by atoms with Gasteiger partial charge in [0.25, 0.3) is 0 Å². The van der Waals surface area contributed by atoms with Crippen LogP contribution in [0.2, 0.25) is 0 Å². The van der Waals surface area contributed by atoms with Gasteiger partial charge in [0.15, 0.2) is 5.13 Å². The second kappa shape index (κ2) is 6.72. The molecule has 1 aromatic heterocycles. The van der Waals surface area contributed by atoms with Crippen molar-refractivity contribution in [2.45, 2.75) is 31.5 Å². The number of hydrogen-bond donors (Lipinski definition) is 0. The van der Waals surface area contributed by atoms with Crippen LogP contribution in [-0.2, 0) is 10.9 Å². The topological polar surface area (TPSA) is 28.6 Å². The summed E-state index contributed by atoms with van der Waals surface area (Å²) in [6, 6.07) is 0.514. The molecule has 0 unspecified atom stereocenters. The summed E-state index contributed by atoms with van der Waals surface area (Å²) in [5, 5.41) is 0.491. The second-order valence-corrected chi connectivity index (χ2v) is 6.73. The molecule has 0 aromatic carbocycles. The molecule has 4 nitrogen and oxygen atoms in total. The first-order valence-corrected chi connectivity index (χ1v) is 8.45. The molecule has 3 heterocycles. The zero-order valence-corrected chi connectivity index (χ0v) is 13.1. The van der Waals surface area contributed by atoms with Gasteiger partial charge in [-0.05, 0) is 19.3 Å². The highest BCUT2D eigenvalue weighted by Gasteiger charge is 2.34. The lowest BCUT2D eigenvalue weighted by Gasteiger charge is -2.37. The fraction of sp³-hybridized carbons (Fsp3) is 0.786. The number of nitrogens with zero attached hydrogens (tertiary/aromatic N) is 3. The zero-order valence-electron chi connectivity index (χ0n) is 12.3. The predicted octanol–water partition coefficient (Wildman–Crippen LogP) is 2.85. The van der Waals surface area contributed by atoms with Crippen LogP contribution in [0.4, 0.5) is 18.3 Å². The van der Waals surface area contributed by atoms with Gasteiger partial charge in [0, 0.05) is 38.8 Å². The number of aromatic nitrogens is 1. The highest BCUT2D eigenvalue weighted by atomic mass is 32.1. The molecule has 22 heavy (non-hydrogen) atoms. The predicted molar refractivity (Wildman–Crippen MR) is 79.4 cm³/mol. The van der Waals surface area contributed by atoms with Gasteiger partial charge >= 0.3 is 6.18 Å². The van der Waals surface area contributed by atoms with E-state index in [4.69, 9.17) is 4.74 Å². The molecule has 124 valence electrons. The lowest BCUT2D eigenvalue weighted by Crippen LogP contribution is -2.45. The maximum absolute atomic E-state index is 12.6. The van der Waals surface area contributed by atoms with Gasteiger partial charge in [-0.25, -0.2) is 4.98 Å². The molecular weight excluding hydrogens is 315 g/mol. The Labute approximate surface area is 131 Å². The number of hydrogen-bond acceptors (Lipinski definition) is 5. The van der Waals surface area contributed by atoms with Gasteiger partial charge in [0.05, 0.1) is 12.8 Å². The van der Waals surface area contributed by atoms with E-state index < -0.39 is 11.1 Å². The van der Waals surface area contributed by atoms with Crippen molar-refractivity contribution >= 4 is 16.5 Å². The summed E-state index contributed by atoms with van der Waals surface area (Å²) in [6.07, 6.45) is -0.345. The summed E-state index contributed by atoms with van der Waals surface area (Å²) in [5.41, 5.74) is 0. The zero-order chi connectivity index (χ0) is 15.6. The molecule has 2 fully saturated rings. The van der Waals surface area contributed by atoms with Crippen molar-refractivity contribution in [1.82, 2.24) is 9.88 Å². The molecule has 2 aliphatic heterocycles. The lowest BCUT2D eigenvalue weighted by molar-refractivity contribution is -0.134. The SMILES string of the molecule is FC(F)(F)c1cnc(N2CCC(N3CCCOCC3)CC2)s1. The van der Waals surface area contributed by atoms with E-state index in [1.165, 1.54) is 0 Å². The van der Waals surface area contributed by atoms with Crippen LogP contribution in [-0.4, -0.2) is 55.3 Å². The fourth-order valence-electron chi connectivity index (χ4n) is 3.09. The smallest absolute Gasteiger partial charge is 0.380 e. The molecule has 0 spiro atoms. The number of anilines is 1. The Balaban J connectivity index is 1.56. The average molecular weight is 335 g/mol. The molecule has 1 aromatic rings. The van der Waals surface area contributed by atoms with Crippen LogP contribution >= 0.6 is 11.3 Å². The van der Waals surface area contributed by atoms with Crippen LogP contribution in [0, 0.1) is 0 Å². The van der Waals surface area contributed by atoms with Crippen molar-refractivity contribution in [1.29, 1.82) is 0 Å². The molecule has 2 saturated heterocycles. The summed E-state index contributed by atoms with van der Waals surface area (Å²) in [6.45, 7) is 5.16. The van der Waals surface area contributed by atoms with Gasteiger partial charge in [-0.15, -0.1) is 0 Å². The summed E-state index contributed by atoms with van der Waals surface area (Å²) < 4.78 is 43.4. The van der Waals surface area contributed by atoms with Crippen molar-refractivity contribution in [3.05, 3.63) is 11.1 Å². The van der Waals surface area contributed by atoms with E-state index in [2.05, 4.69) is 9.88 Å². The Bertz CT molecular complexity index is 478. The van der Waals surface area contributed by atoms with Gasteiger partial charge in [-0.2, -0.15) is 13.2 Å². The molecule has 0 saturated carbocycles. The second-order valence-electron chi connectivity index (χ2n) is 5.72. The summed E-state index contributed by atoms with van der Waals surface area (Å²) in [7, 11) is 0. The van der Waals surface area contributed by atoms with Gasteiger partial charge < -0.3 is 9.64 Å². The molecule has 0 amide bonds. The minimum atomic E-state index is -4.29. The van der Waals surface area contributed by atoms with Crippen molar-refractivity contribution in [2.24, 2.45) is 0 Å². The third kappa shape index (κ3) is 3.72. The van der Waals surface area contributed by atoms with E-state index in [-0.39, 0.29) is 0 Å². The Morgan fingerprint density at radius 1 is 1.14 bits per heavy atom. The molecule has 2 aliphatic rings. The van der Waals surface area contributed by atoms with Crippen LogP contribution in [0.1, 0.15) is 24.1 Å². The van der Waals surface area contributed by atoms with E-state index >= 15 is 0 Å². The lowest BCUT2D eigenvalue weighted by atomic mass is 10.0. The Morgan fingerprint density at radius 3 is 2.59 bits per heavy atom. The number of halogens is 3. The van der Waals surface area contributed by atoms with E-state index in [9.17, 15) is 13.2 Å². The minimum Gasteiger partial charge on any atom is -0.380 e. The van der Waals surface area contributed by atoms with Crippen LogP contribution in [0.25, 0.3) is 0 Å². The van der Waals surface area contributed by atoms with Crippen LogP contribution in [0.15, 0.2) is 6.20 Å². The maximum atomic E-state index is 12.6. The number of thiazole rings is 1. The van der Waals surface area contributed by atoms with E-state index in [1.807, 2.05) is 4.90 Å². The van der Waals surface area contributed by atoms with Gasteiger partial charge in [-0.1, -0.05) is 11.3 Å². The van der Waals surface area contributed by atoms with Gasteiger partial charge in [0.1, 0.15) is 4.88 Å². The molecule has 8 heteroatoms. The highest BCUT2D eigenvalue weighted by Crippen LogP contribution is 2.37. The number of rotatable bonds is 2. The monoisotopic (exact) mass is 335 g/mol. The Kier molecular flexibility index (Phi) is 4.89. The summed E-state index contributed by atoms with van der Waals surface area (Å²) in [4.78, 5) is 7.78. The molecule has 0 N–H and O–H groups in total. The van der Waals surface area contributed by atoms with E-state index in [0.717, 1.165) is 76.2 Å². The number of alkyl halides is 3. The largest absolute Gasteiger partial charge is 0.427 e. The molecule has 0 bridgehead atoms. The van der Waals surface area contributed by atoms with Crippen LogP contribution in [0.5, 0.6) is 0 Å². The van der Waals surface area contributed by atoms with E-state index in [0.29, 0.717) is 11.2 Å². The summed E-state index contributed by atoms with van der Waals surface area (Å²) in [5.74, 6) is 0. The van der Waals surface area contributed by atoms with Crippen LogP contribution < -0.4 is 4.90 Å². The molecule has 3 rings (SSSR count). The third-order valence-corrected chi connectivity index (χ3v) is 5.38. The van der Waals surface area contributed by atoms with Crippen LogP contribution in [0.3, 0.4) is 0 Å². The Hall–Kier alpha value is -0.860. The standard InChI is InChI=1S/C14H20F3N3OS/c15-14(16,17)12-10-18-13(22-12)20-5-2-11(3-6-20)19-4-1-8-21-9-7-19/h10-11H,1-9H2. The van der Waals surface area contributed by atoms with Crippen molar-refractivity contribution < 1.29 is 17.9 Å². The number of piperidine rings is 1. The van der Waals surface area contributed by atoms with Gasteiger partial charge in [0.2, 0.25) is 0 Å². The average Bonchev–Trinajstić information content (AvgIpc) is 2.84.